The molecule has 0 saturated carbocycles. The van der Waals surface area contributed by atoms with Crippen LogP contribution in [0.25, 0.3) is 21.1 Å². The number of aromatic nitrogens is 2. The molecule has 1 aromatic carbocycles. The quantitative estimate of drug-likeness (QED) is 0.572. The highest BCUT2D eigenvalue weighted by molar-refractivity contribution is 7.16. The molecule has 0 unspecified atom stereocenters. The number of amides is 1. The summed E-state index contributed by atoms with van der Waals surface area (Å²) in [6.07, 6.45) is 1.63. The molecule has 3 aromatic rings. The Morgan fingerprint density at radius 1 is 1.26 bits per heavy atom. The number of nitrogens with zero attached hydrogens (tertiary/aromatic N) is 3. The first-order valence-corrected chi connectivity index (χ1v) is 11.1. The van der Waals surface area contributed by atoms with Gasteiger partial charge in [0.2, 0.25) is 0 Å². The summed E-state index contributed by atoms with van der Waals surface area (Å²) in [6, 6.07) is 1.84. The van der Waals surface area contributed by atoms with E-state index in [1.165, 1.54) is 11.3 Å². The Bertz CT molecular complexity index is 1150. The number of carbonyl (C=O) groups excluding carboxylic acids is 1. The van der Waals surface area contributed by atoms with E-state index in [1.807, 2.05) is 6.92 Å². The minimum atomic E-state index is -1.42. The zero-order chi connectivity index (χ0) is 22.1. The Morgan fingerprint density at radius 2 is 2.00 bits per heavy atom. The number of carbonyl (C=O) groups is 2. The van der Waals surface area contributed by atoms with Gasteiger partial charge in [-0.1, -0.05) is 0 Å². The van der Waals surface area contributed by atoms with Crippen molar-refractivity contribution in [3.63, 3.8) is 0 Å². The third kappa shape index (κ3) is 4.37. The van der Waals surface area contributed by atoms with Gasteiger partial charge >= 0.3 is 12.1 Å². The number of likely N-dealkylation sites (tertiary alicyclic amines) is 1. The molecule has 2 aromatic heterocycles. The Balaban J connectivity index is 1.52. The zero-order valence-corrected chi connectivity index (χ0v) is 18.1. The smallest absolute Gasteiger partial charge is 0.410 e. The summed E-state index contributed by atoms with van der Waals surface area (Å²) >= 11 is 2.50. The fourth-order valence-electron chi connectivity index (χ4n) is 3.26. The predicted molar refractivity (Wildman–Crippen MR) is 113 cm³/mol. The minimum absolute atomic E-state index is 0.0145. The summed E-state index contributed by atoms with van der Waals surface area (Å²) in [4.78, 5) is 34.4. The number of aromatic hydroxyl groups is 1. The topological polar surface area (TPSA) is 113 Å². The van der Waals surface area contributed by atoms with Crippen LogP contribution in [0.1, 0.15) is 33.9 Å². The van der Waals surface area contributed by atoms with Gasteiger partial charge in [0, 0.05) is 24.0 Å². The van der Waals surface area contributed by atoms with E-state index in [9.17, 15) is 19.1 Å². The fourth-order valence-corrected chi connectivity index (χ4v) is 5.11. The Hall–Kier alpha value is -3.05. The molecule has 31 heavy (non-hydrogen) atoms. The molecule has 0 radical (unpaired) electrons. The molecular formula is C20H18FN3O5S2. The molecular weight excluding hydrogens is 445 g/mol. The molecule has 1 saturated heterocycles. The van der Waals surface area contributed by atoms with E-state index >= 15 is 0 Å². The molecule has 3 heterocycles. The number of benzene rings is 1. The highest BCUT2D eigenvalue weighted by Gasteiger charge is 2.21. The Labute approximate surface area is 184 Å². The SMILES string of the molecule is Cc1nc(COC(=O)N2CCCC2)sc1-c1csc(-c2cc(O)c(C(=O)O)cc2F)n1. The van der Waals surface area contributed by atoms with E-state index in [0.29, 0.717) is 34.5 Å². The first kappa shape index (κ1) is 21.2. The van der Waals surface area contributed by atoms with Crippen LogP contribution in [-0.4, -0.2) is 50.2 Å². The third-order valence-corrected chi connectivity index (χ3v) is 6.84. The van der Waals surface area contributed by atoms with Crippen molar-refractivity contribution in [3.8, 4) is 26.9 Å². The number of carboxylic acid groups (broad SMARTS) is 1. The summed E-state index contributed by atoms with van der Waals surface area (Å²) < 4.78 is 19.7. The number of phenols is 1. The highest BCUT2D eigenvalue weighted by atomic mass is 32.1. The van der Waals surface area contributed by atoms with Crippen molar-refractivity contribution in [2.24, 2.45) is 0 Å². The number of thiazole rings is 2. The van der Waals surface area contributed by atoms with Gasteiger partial charge in [0.1, 0.15) is 33.8 Å². The molecule has 1 amide bonds. The van der Waals surface area contributed by atoms with Crippen LogP contribution in [-0.2, 0) is 11.3 Å². The molecule has 4 rings (SSSR count). The van der Waals surface area contributed by atoms with Crippen LogP contribution in [0.5, 0.6) is 5.75 Å². The number of aromatic carboxylic acids is 1. The van der Waals surface area contributed by atoms with Crippen LogP contribution in [0, 0.1) is 12.7 Å². The summed E-state index contributed by atoms with van der Waals surface area (Å²) in [5.74, 6) is -2.73. The molecule has 162 valence electrons. The number of hydrogen-bond donors (Lipinski definition) is 2. The lowest BCUT2D eigenvalue weighted by atomic mass is 10.1. The van der Waals surface area contributed by atoms with Crippen LogP contribution >= 0.6 is 22.7 Å². The molecule has 2 N–H and O–H groups in total. The van der Waals surface area contributed by atoms with Gasteiger partial charge in [-0.3, -0.25) is 0 Å². The predicted octanol–water partition coefficient (Wildman–Crippen LogP) is 4.52. The van der Waals surface area contributed by atoms with Crippen molar-refractivity contribution in [3.05, 3.63) is 39.6 Å². The van der Waals surface area contributed by atoms with E-state index in [-0.39, 0.29) is 18.3 Å². The number of rotatable bonds is 5. The molecule has 0 atom stereocenters. The van der Waals surface area contributed by atoms with Gasteiger partial charge < -0.3 is 19.8 Å². The van der Waals surface area contributed by atoms with Crippen LogP contribution < -0.4 is 0 Å². The molecule has 1 aliphatic rings. The van der Waals surface area contributed by atoms with E-state index in [2.05, 4.69) is 9.97 Å². The average Bonchev–Trinajstić information content (AvgIpc) is 3.48. The van der Waals surface area contributed by atoms with Gasteiger partial charge in [0.15, 0.2) is 0 Å². The van der Waals surface area contributed by atoms with Gasteiger partial charge in [0.25, 0.3) is 0 Å². The first-order chi connectivity index (χ1) is 14.8. The van der Waals surface area contributed by atoms with Gasteiger partial charge in [0.05, 0.1) is 16.3 Å². The molecule has 1 aliphatic heterocycles. The zero-order valence-electron chi connectivity index (χ0n) is 16.4. The van der Waals surface area contributed by atoms with Crippen molar-refractivity contribution in [1.82, 2.24) is 14.9 Å². The van der Waals surface area contributed by atoms with Gasteiger partial charge in [-0.15, -0.1) is 22.7 Å². The third-order valence-electron chi connectivity index (χ3n) is 4.81. The van der Waals surface area contributed by atoms with Crippen LogP contribution in [0.4, 0.5) is 9.18 Å². The maximum atomic E-state index is 14.4. The van der Waals surface area contributed by atoms with Crippen LogP contribution in [0.2, 0.25) is 0 Å². The van der Waals surface area contributed by atoms with Gasteiger partial charge in [-0.25, -0.2) is 23.9 Å². The lowest BCUT2D eigenvalue weighted by molar-refractivity contribution is 0.0693. The maximum Gasteiger partial charge on any atom is 0.410 e. The summed E-state index contributed by atoms with van der Waals surface area (Å²) in [6.45, 7) is 3.30. The standard InChI is InChI=1S/C20H18FN3O5S2/c1-10-17(31-16(22-10)8-29-20(28)24-4-2-3-5-24)14-9-30-18(23-14)11-7-15(25)12(19(26)27)6-13(11)21/h6-7,9,25H,2-5,8H2,1H3,(H,26,27). The number of aryl methyl sites for hydroxylation is 1. The number of hydrogen-bond acceptors (Lipinski definition) is 8. The maximum absolute atomic E-state index is 14.4. The number of halogens is 1. The van der Waals surface area contributed by atoms with Gasteiger partial charge in [-0.05, 0) is 31.9 Å². The summed E-state index contributed by atoms with van der Waals surface area (Å²) in [7, 11) is 0. The Morgan fingerprint density at radius 3 is 2.71 bits per heavy atom. The van der Waals surface area contributed by atoms with E-state index in [4.69, 9.17) is 9.84 Å². The van der Waals surface area contributed by atoms with E-state index in [0.717, 1.165) is 41.2 Å². The van der Waals surface area contributed by atoms with Crippen molar-refractivity contribution >= 4 is 34.7 Å². The molecule has 8 nitrogen and oxygen atoms in total. The Kier molecular flexibility index (Phi) is 5.88. The lowest BCUT2D eigenvalue weighted by Gasteiger charge is -2.14. The molecule has 0 bridgehead atoms. The lowest BCUT2D eigenvalue weighted by Crippen LogP contribution is -2.28. The van der Waals surface area contributed by atoms with Crippen molar-refractivity contribution < 1.29 is 28.9 Å². The van der Waals surface area contributed by atoms with Crippen LogP contribution in [0.15, 0.2) is 17.5 Å². The van der Waals surface area contributed by atoms with Crippen molar-refractivity contribution in [2.45, 2.75) is 26.4 Å². The summed E-state index contributed by atoms with van der Waals surface area (Å²) in [5.41, 5.74) is 0.789. The van der Waals surface area contributed by atoms with E-state index in [1.54, 1.807) is 10.3 Å². The first-order valence-electron chi connectivity index (χ1n) is 9.43. The highest BCUT2D eigenvalue weighted by Crippen LogP contribution is 2.36. The van der Waals surface area contributed by atoms with Crippen molar-refractivity contribution in [1.29, 1.82) is 0 Å². The largest absolute Gasteiger partial charge is 0.507 e. The summed E-state index contributed by atoms with van der Waals surface area (Å²) in [5, 5.41) is 21.5. The van der Waals surface area contributed by atoms with Gasteiger partial charge in [-0.2, -0.15) is 0 Å². The van der Waals surface area contributed by atoms with Crippen LogP contribution in [0.3, 0.4) is 0 Å². The normalized spacial score (nSPS) is 13.5. The fraction of sp³-hybridized carbons (Fsp3) is 0.300. The average molecular weight is 464 g/mol. The number of carboxylic acids is 1. The van der Waals surface area contributed by atoms with Crippen molar-refractivity contribution in [2.75, 3.05) is 13.1 Å². The molecule has 1 fully saturated rings. The molecule has 0 aliphatic carbocycles. The number of ether oxygens (including phenoxy) is 1. The molecule has 11 heteroatoms. The second-order valence-corrected chi connectivity index (χ2v) is 8.90. The monoisotopic (exact) mass is 463 g/mol. The second-order valence-electron chi connectivity index (χ2n) is 6.96. The second kappa shape index (κ2) is 8.60. The minimum Gasteiger partial charge on any atom is -0.507 e. The molecule has 0 spiro atoms. The van der Waals surface area contributed by atoms with E-state index < -0.39 is 23.1 Å².